The molecular weight excluding hydrogens is 270 g/mol. The standard InChI is InChI=1S/C17H16ClNO/c1-2-3-12-10-11-19-15(12)8-9-16(19)17(20)13-4-6-14(18)7-5-13/h2,4-9,12H,1,3,10-11H2. The second-order valence-corrected chi connectivity index (χ2v) is 5.58. The van der Waals surface area contributed by atoms with Crippen molar-refractivity contribution >= 4 is 17.4 Å². The zero-order chi connectivity index (χ0) is 14.1. The molecule has 2 nitrogen and oxygen atoms in total. The zero-order valence-corrected chi connectivity index (χ0v) is 11.9. The fourth-order valence-corrected chi connectivity index (χ4v) is 3.04. The van der Waals surface area contributed by atoms with E-state index in [-0.39, 0.29) is 5.78 Å². The predicted molar refractivity (Wildman–Crippen MR) is 81.5 cm³/mol. The second-order valence-electron chi connectivity index (χ2n) is 5.14. The molecule has 2 aromatic rings. The van der Waals surface area contributed by atoms with Gasteiger partial charge in [-0.1, -0.05) is 17.7 Å². The number of hydrogen-bond donors (Lipinski definition) is 0. The molecule has 1 aliphatic rings. The van der Waals surface area contributed by atoms with Crippen LogP contribution in [-0.2, 0) is 6.54 Å². The molecule has 0 aliphatic carbocycles. The van der Waals surface area contributed by atoms with Crippen molar-refractivity contribution in [3.05, 3.63) is 71.0 Å². The van der Waals surface area contributed by atoms with E-state index in [0.29, 0.717) is 16.5 Å². The van der Waals surface area contributed by atoms with E-state index < -0.39 is 0 Å². The molecule has 1 unspecified atom stereocenters. The molecule has 0 saturated carbocycles. The van der Waals surface area contributed by atoms with Gasteiger partial charge in [0, 0.05) is 28.7 Å². The van der Waals surface area contributed by atoms with Crippen molar-refractivity contribution in [2.45, 2.75) is 25.3 Å². The first-order valence-electron chi connectivity index (χ1n) is 6.81. The van der Waals surface area contributed by atoms with Gasteiger partial charge in [-0.3, -0.25) is 4.79 Å². The number of benzene rings is 1. The SMILES string of the molecule is C=CCC1CCn2c(C(=O)c3ccc(Cl)cc3)ccc21. The highest BCUT2D eigenvalue weighted by Gasteiger charge is 2.26. The molecule has 1 aromatic heterocycles. The number of hydrogen-bond acceptors (Lipinski definition) is 1. The first-order valence-corrected chi connectivity index (χ1v) is 7.19. The topological polar surface area (TPSA) is 22.0 Å². The first-order chi connectivity index (χ1) is 9.70. The number of rotatable bonds is 4. The highest BCUT2D eigenvalue weighted by molar-refractivity contribution is 6.30. The van der Waals surface area contributed by atoms with Crippen LogP contribution in [0.1, 0.15) is 40.5 Å². The van der Waals surface area contributed by atoms with E-state index in [1.54, 1.807) is 24.3 Å². The molecule has 20 heavy (non-hydrogen) atoms. The van der Waals surface area contributed by atoms with Crippen LogP contribution in [0.25, 0.3) is 0 Å². The van der Waals surface area contributed by atoms with Crippen LogP contribution in [-0.4, -0.2) is 10.4 Å². The average molecular weight is 286 g/mol. The van der Waals surface area contributed by atoms with Gasteiger partial charge in [0.05, 0.1) is 5.69 Å². The van der Waals surface area contributed by atoms with Gasteiger partial charge in [-0.25, -0.2) is 0 Å². The van der Waals surface area contributed by atoms with E-state index >= 15 is 0 Å². The summed E-state index contributed by atoms with van der Waals surface area (Å²) in [6.07, 6.45) is 4.01. The largest absolute Gasteiger partial charge is 0.342 e. The highest BCUT2D eigenvalue weighted by atomic mass is 35.5. The molecular formula is C17H16ClNO. The molecule has 1 atom stereocenters. The van der Waals surface area contributed by atoms with E-state index in [4.69, 9.17) is 11.6 Å². The number of allylic oxidation sites excluding steroid dienone is 1. The molecule has 0 spiro atoms. The Morgan fingerprint density at radius 2 is 2.05 bits per heavy atom. The van der Waals surface area contributed by atoms with Crippen LogP contribution in [0, 0.1) is 0 Å². The molecule has 0 fully saturated rings. The summed E-state index contributed by atoms with van der Waals surface area (Å²) in [5.41, 5.74) is 2.71. The van der Waals surface area contributed by atoms with Crippen molar-refractivity contribution < 1.29 is 4.79 Å². The average Bonchev–Trinajstić information content (AvgIpc) is 3.02. The van der Waals surface area contributed by atoms with Crippen LogP contribution < -0.4 is 0 Å². The monoisotopic (exact) mass is 285 g/mol. The van der Waals surface area contributed by atoms with E-state index in [1.807, 2.05) is 12.1 Å². The number of halogens is 1. The fourth-order valence-electron chi connectivity index (χ4n) is 2.91. The molecule has 0 bridgehead atoms. The van der Waals surface area contributed by atoms with E-state index in [9.17, 15) is 4.79 Å². The molecule has 1 aliphatic heterocycles. The third-order valence-electron chi connectivity index (χ3n) is 3.92. The Balaban J connectivity index is 1.92. The molecule has 3 rings (SSSR count). The summed E-state index contributed by atoms with van der Waals surface area (Å²) >= 11 is 5.86. The van der Waals surface area contributed by atoms with Gasteiger partial charge >= 0.3 is 0 Å². The lowest BCUT2D eigenvalue weighted by molar-refractivity contribution is 0.103. The van der Waals surface area contributed by atoms with Gasteiger partial charge in [-0.05, 0) is 49.2 Å². The fraction of sp³-hybridized carbons (Fsp3) is 0.235. The Hall–Kier alpha value is -1.80. The minimum absolute atomic E-state index is 0.0622. The maximum atomic E-state index is 12.6. The molecule has 1 aromatic carbocycles. The van der Waals surface area contributed by atoms with Gasteiger partial charge in [0.2, 0.25) is 5.78 Å². The van der Waals surface area contributed by atoms with E-state index in [1.165, 1.54) is 5.69 Å². The van der Waals surface area contributed by atoms with Crippen molar-refractivity contribution in [2.75, 3.05) is 0 Å². The molecule has 0 amide bonds. The van der Waals surface area contributed by atoms with Gasteiger partial charge in [0.25, 0.3) is 0 Å². The highest BCUT2D eigenvalue weighted by Crippen LogP contribution is 2.33. The molecule has 102 valence electrons. The molecule has 0 radical (unpaired) electrons. The first kappa shape index (κ1) is 13.2. The number of ketones is 1. The quantitative estimate of drug-likeness (QED) is 0.601. The van der Waals surface area contributed by atoms with E-state index in [2.05, 4.69) is 17.2 Å². The summed E-state index contributed by atoms with van der Waals surface area (Å²) in [7, 11) is 0. The Bertz CT molecular complexity index is 654. The number of fused-ring (bicyclic) bond motifs is 1. The van der Waals surface area contributed by atoms with Crippen LogP contribution in [0.15, 0.2) is 49.1 Å². The Labute approximate surface area is 123 Å². The molecule has 3 heteroatoms. The van der Waals surface area contributed by atoms with Gasteiger partial charge in [-0.15, -0.1) is 6.58 Å². The zero-order valence-electron chi connectivity index (χ0n) is 11.2. The van der Waals surface area contributed by atoms with Crippen molar-refractivity contribution in [3.63, 3.8) is 0 Å². The maximum Gasteiger partial charge on any atom is 0.209 e. The number of aromatic nitrogens is 1. The lowest BCUT2D eigenvalue weighted by Gasteiger charge is -2.06. The Morgan fingerprint density at radius 1 is 1.30 bits per heavy atom. The van der Waals surface area contributed by atoms with Crippen molar-refractivity contribution in [1.82, 2.24) is 4.57 Å². The summed E-state index contributed by atoms with van der Waals surface area (Å²) < 4.78 is 2.14. The van der Waals surface area contributed by atoms with Crippen LogP contribution >= 0.6 is 11.6 Å². The third kappa shape index (κ3) is 2.20. The summed E-state index contributed by atoms with van der Waals surface area (Å²) in [6.45, 7) is 4.72. The Kier molecular flexibility index (Phi) is 3.49. The summed E-state index contributed by atoms with van der Waals surface area (Å²) in [5.74, 6) is 0.562. The van der Waals surface area contributed by atoms with Crippen molar-refractivity contribution in [1.29, 1.82) is 0 Å². The third-order valence-corrected chi connectivity index (χ3v) is 4.18. The Morgan fingerprint density at radius 3 is 2.75 bits per heavy atom. The van der Waals surface area contributed by atoms with Gasteiger partial charge in [-0.2, -0.15) is 0 Å². The normalized spacial score (nSPS) is 16.9. The lowest BCUT2D eigenvalue weighted by Crippen LogP contribution is -2.08. The molecule has 0 N–H and O–H groups in total. The number of carbonyl (C=O) groups excluding carboxylic acids is 1. The minimum Gasteiger partial charge on any atom is -0.342 e. The summed E-state index contributed by atoms with van der Waals surface area (Å²) in [5, 5.41) is 0.646. The van der Waals surface area contributed by atoms with Crippen molar-refractivity contribution in [2.24, 2.45) is 0 Å². The second kappa shape index (κ2) is 5.29. The molecule has 2 heterocycles. The van der Waals surface area contributed by atoms with Gasteiger partial charge < -0.3 is 4.57 Å². The van der Waals surface area contributed by atoms with Crippen molar-refractivity contribution in [3.8, 4) is 0 Å². The maximum absolute atomic E-state index is 12.6. The van der Waals surface area contributed by atoms with E-state index in [0.717, 1.165) is 25.1 Å². The molecule has 0 saturated heterocycles. The van der Waals surface area contributed by atoms with Crippen LogP contribution in [0.5, 0.6) is 0 Å². The lowest BCUT2D eigenvalue weighted by atomic mass is 10.0. The van der Waals surface area contributed by atoms with Crippen LogP contribution in [0.3, 0.4) is 0 Å². The summed E-state index contributed by atoms with van der Waals surface area (Å²) in [6, 6.07) is 11.1. The van der Waals surface area contributed by atoms with Crippen LogP contribution in [0.4, 0.5) is 0 Å². The smallest absolute Gasteiger partial charge is 0.209 e. The van der Waals surface area contributed by atoms with Crippen LogP contribution in [0.2, 0.25) is 5.02 Å². The number of carbonyl (C=O) groups is 1. The predicted octanol–water partition coefficient (Wildman–Crippen LogP) is 4.44. The number of nitrogens with zero attached hydrogens (tertiary/aromatic N) is 1. The minimum atomic E-state index is 0.0622. The van der Waals surface area contributed by atoms with Gasteiger partial charge in [0.1, 0.15) is 0 Å². The van der Waals surface area contributed by atoms with Gasteiger partial charge in [0.15, 0.2) is 0 Å². The summed E-state index contributed by atoms with van der Waals surface area (Å²) in [4.78, 5) is 12.6.